The topological polar surface area (TPSA) is 38.3 Å². The summed E-state index contributed by atoms with van der Waals surface area (Å²) >= 11 is 0. The molecule has 0 spiro atoms. The minimum absolute atomic E-state index is 0.135. The lowest BCUT2D eigenvalue weighted by Gasteiger charge is -2.30. The number of amides is 1. The molecule has 2 aliphatic carbocycles. The molecule has 4 unspecified atom stereocenters. The third-order valence-electron chi connectivity index (χ3n) is 4.91. The first-order chi connectivity index (χ1) is 7.58. The number of fused-ring (bicyclic) bond motifs is 1. The molecule has 1 heterocycles. The summed E-state index contributed by atoms with van der Waals surface area (Å²) in [5, 5.41) is 3.22. The fourth-order valence-electron chi connectivity index (χ4n) is 3.31. The summed E-state index contributed by atoms with van der Waals surface area (Å²) in [7, 11) is 0. The van der Waals surface area contributed by atoms with E-state index in [1.807, 2.05) is 0 Å². The lowest BCUT2D eigenvalue weighted by Crippen LogP contribution is -2.52. The summed E-state index contributed by atoms with van der Waals surface area (Å²) in [5.74, 6) is 2.31. The maximum atomic E-state index is 12.2. The first kappa shape index (κ1) is 10.6. The van der Waals surface area contributed by atoms with Crippen LogP contribution in [0.15, 0.2) is 0 Å². The average Bonchev–Trinajstić information content (AvgIpc) is 2.70. The molecule has 0 aromatic heterocycles. The highest BCUT2D eigenvalue weighted by Gasteiger charge is 2.49. The van der Waals surface area contributed by atoms with E-state index in [4.69, 9.17) is 4.74 Å². The van der Waals surface area contributed by atoms with Crippen molar-refractivity contribution >= 4 is 5.91 Å². The Hall–Kier alpha value is -0.570. The van der Waals surface area contributed by atoms with Crippen LogP contribution in [0.4, 0.5) is 0 Å². The second kappa shape index (κ2) is 3.46. The van der Waals surface area contributed by atoms with Gasteiger partial charge in [-0.05, 0) is 51.4 Å². The molecule has 1 N–H and O–H groups in total. The van der Waals surface area contributed by atoms with E-state index in [2.05, 4.69) is 19.2 Å². The Bertz CT molecular complexity index is 307. The molecule has 2 saturated carbocycles. The van der Waals surface area contributed by atoms with Crippen LogP contribution in [-0.4, -0.2) is 24.2 Å². The van der Waals surface area contributed by atoms with E-state index in [1.54, 1.807) is 0 Å². The molecule has 3 heteroatoms. The third-order valence-corrected chi connectivity index (χ3v) is 4.91. The van der Waals surface area contributed by atoms with Gasteiger partial charge in [0.05, 0.1) is 11.6 Å². The van der Waals surface area contributed by atoms with Crippen molar-refractivity contribution in [1.29, 1.82) is 0 Å². The number of rotatable bonds is 2. The van der Waals surface area contributed by atoms with Crippen LogP contribution in [0.3, 0.4) is 0 Å². The molecule has 3 aliphatic rings. The maximum absolute atomic E-state index is 12.2. The van der Waals surface area contributed by atoms with Crippen molar-refractivity contribution in [1.82, 2.24) is 5.32 Å². The van der Waals surface area contributed by atoms with Crippen molar-refractivity contribution < 1.29 is 9.53 Å². The lowest BCUT2D eigenvalue weighted by molar-refractivity contribution is -0.127. The third kappa shape index (κ3) is 1.65. The Labute approximate surface area is 96.9 Å². The van der Waals surface area contributed by atoms with Gasteiger partial charge >= 0.3 is 0 Å². The highest BCUT2D eigenvalue weighted by Crippen LogP contribution is 2.54. The fraction of sp³-hybridized carbons (Fsp3) is 0.923. The van der Waals surface area contributed by atoms with Gasteiger partial charge in [0.2, 0.25) is 5.91 Å². The Balaban J connectivity index is 1.59. The number of nitrogens with one attached hydrogen (secondary N) is 1. The van der Waals surface area contributed by atoms with E-state index < -0.39 is 0 Å². The van der Waals surface area contributed by atoms with Gasteiger partial charge in [0.15, 0.2) is 0 Å². The molecule has 3 rings (SSSR count). The van der Waals surface area contributed by atoms with Crippen LogP contribution in [0.25, 0.3) is 0 Å². The van der Waals surface area contributed by atoms with Gasteiger partial charge < -0.3 is 10.1 Å². The van der Waals surface area contributed by atoms with Crippen LogP contribution in [0.1, 0.15) is 39.5 Å². The van der Waals surface area contributed by atoms with Gasteiger partial charge in [-0.15, -0.1) is 0 Å². The van der Waals surface area contributed by atoms with Crippen molar-refractivity contribution in [3.05, 3.63) is 0 Å². The molecular weight excluding hydrogens is 202 g/mol. The molecule has 0 radical (unpaired) electrons. The second-order valence-electron chi connectivity index (χ2n) is 6.09. The van der Waals surface area contributed by atoms with Crippen molar-refractivity contribution in [3.8, 4) is 0 Å². The lowest BCUT2D eigenvalue weighted by atomic mass is 9.92. The van der Waals surface area contributed by atoms with Crippen LogP contribution in [0.5, 0.6) is 0 Å². The fourth-order valence-corrected chi connectivity index (χ4v) is 3.31. The van der Waals surface area contributed by atoms with Crippen molar-refractivity contribution in [2.45, 2.75) is 51.2 Å². The minimum Gasteiger partial charge on any atom is -0.376 e. The number of hydrogen-bond donors (Lipinski definition) is 1. The first-order valence-corrected chi connectivity index (χ1v) is 6.52. The van der Waals surface area contributed by atoms with Gasteiger partial charge in [0, 0.05) is 12.5 Å². The molecular formula is C13H21NO2. The van der Waals surface area contributed by atoms with E-state index in [9.17, 15) is 4.79 Å². The Morgan fingerprint density at radius 3 is 2.56 bits per heavy atom. The van der Waals surface area contributed by atoms with E-state index in [0.717, 1.165) is 37.7 Å². The first-order valence-electron chi connectivity index (χ1n) is 6.52. The van der Waals surface area contributed by atoms with Crippen LogP contribution < -0.4 is 5.32 Å². The van der Waals surface area contributed by atoms with Gasteiger partial charge in [0.1, 0.15) is 0 Å². The Morgan fingerprint density at radius 2 is 2.00 bits per heavy atom. The summed E-state index contributed by atoms with van der Waals surface area (Å²) in [6, 6.07) is 0. The summed E-state index contributed by atoms with van der Waals surface area (Å²) in [6.45, 7) is 4.94. The van der Waals surface area contributed by atoms with Crippen LogP contribution in [0, 0.1) is 17.8 Å². The SMILES string of the molecule is CC1OCCC1(C)NC(=O)C1CC2CC2C1. The normalized spacial score (nSPS) is 50.1. The predicted octanol–water partition coefficient (Wildman–Crippen LogP) is 1.72. The molecule has 90 valence electrons. The number of carbonyl (C=O) groups is 1. The molecule has 0 aromatic rings. The van der Waals surface area contributed by atoms with Crippen LogP contribution >= 0.6 is 0 Å². The van der Waals surface area contributed by atoms with Crippen LogP contribution in [0.2, 0.25) is 0 Å². The molecule has 1 saturated heterocycles. The molecule has 1 aliphatic heterocycles. The molecule has 1 amide bonds. The summed E-state index contributed by atoms with van der Waals surface area (Å²) < 4.78 is 5.55. The van der Waals surface area contributed by atoms with E-state index in [1.165, 1.54) is 6.42 Å². The molecule has 4 atom stereocenters. The molecule has 0 aromatic carbocycles. The van der Waals surface area contributed by atoms with Gasteiger partial charge in [-0.3, -0.25) is 4.79 Å². The standard InChI is InChI=1S/C13H21NO2/c1-8-13(2,3-4-16-8)14-12(15)11-6-9-5-10(9)7-11/h8-11H,3-7H2,1-2H3,(H,14,15). The monoisotopic (exact) mass is 223 g/mol. The molecule has 16 heavy (non-hydrogen) atoms. The molecule has 3 nitrogen and oxygen atoms in total. The number of hydrogen-bond acceptors (Lipinski definition) is 2. The van der Waals surface area contributed by atoms with E-state index in [0.29, 0.717) is 0 Å². The second-order valence-corrected chi connectivity index (χ2v) is 6.09. The maximum Gasteiger partial charge on any atom is 0.223 e. The van der Waals surface area contributed by atoms with Crippen molar-refractivity contribution in [3.63, 3.8) is 0 Å². The highest BCUT2D eigenvalue weighted by atomic mass is 16.5. The predicted molar refractivity (Wildman–Crippen MR) is 60.9 cm³/mol. The van der Waals surface area contributed by atoms with E-state index >= 15 is 0 Å². The highest BCUT2D eigenvalue weighted by molar-refractivity contribution is 5.80. The Kier molecular flexibility index (Phi) is 2.29. The van der Waals surface area contributed by atoms with Crippen molar-refractivity contribution in [2.24, 2.45) is 17.8 Å². The van der Waals surface area contributed by atoms with Crippen molar-refractivity contribution in [2.75, 3.05) is 6.61 Å². The zero-order chi connectivity index (χ0) is 11.3. The quantitative estimate of drug-likeness (QED) is 0.774. The summed E-state index contributed by atoms with van der Waals surface area (Å²) in [6.07, 6.45) is 4.72. The van der Waals surface area contributed by atoms with Gasteiger partial charge in [0.25, 0.3) is 0 Å². The summed E-state index contributed by atoms with van der Waals surface area (Å²) in [5.41, 5.74) is -0.135. The average molecular weight is 223 g/mol. The number of carbonyl (C=O) groups excluding carboxylic acids is 1. The molecule has 0 bridgehead atoms. The van der Waals surface area contributed by atoms with Gasteiger partial charge in [-0.2, -0.15) is 0 Å². The van der Waals surface area contributed by atoms with Gasteiger partial charge in [-0.25, -0.2) is 0 Å². The van der Waals surface area contributed by atoms with E-state index in [-0.39, 0.29) is 23.5 Å². The van der Waals surface area contributed by atoms with Gasteiger partial charge in [-0.1, -0.05) is 0 Å². The zero-order valence-corrected chi connectivity index (χ0v) is 10.2. The van der Waals surface area contributed by atoms with Crippen LogP contribution in [-0.2, 0) is 9.53 Å². The number of ether oxygens (including phenoxy) is 1. The minimum atomic E-state index is -0.135. The summed E-state index contributed by atoms with van der Waals surface area (Å²) in [4.78, 5) is 12.2. The largest absolute Gasteiger partial charge is 0.376 e. The zero-order valence-electron chi connectivity index (χ0n) is 10.2. The molecule has 3 fully saturated rings. The Morgan fingerprint density at radius 1 is 1.31 bits per heavy atom. The smallest absolute Gasteiger partial charge is 0.223 e.